The van der Waals surface area contributed by atoms with Gasteiger partial charge in [-0.25, -0.2) is 12.8 Å². The molecule has 0 atom stereocenters. The van der Waals surface area contributed by atoms with Crippen LogP contribution in [0.4, 0.5) is 4.39 Å². The van der Waals surface area contributed by atoms with Crippen molar-refractivity contribution in [2.45, 2.75) is 19.9 Å². The van der Waals surface area contributed by atoms with E-state index in [1.165, 1.54) is 12.1 Å². The molecule has 180 valence electrons. The van der Waals surface area contributed by atoms with Gasteiger partial charge in [0.25, 0.3) is 5.91 Å². The Morgan fingerprint density at radius 2 is 1.76 bits per heavy atom. The van der Waals surface area contributed by atoms with Crippen molar-refractivity contribution in [3.05, 3.63) is 94.3 Å². The first kappa shape index (κ1) is 25.8. The molecule has 0 radical (unpaired) electrons. The zero-order valence-corrected chi connectivity index (χ0v) is 20.6. The van der Waals surface area contributed by atoms with Crippen molar-refractivity contribution in [1.82, 2.24) is 15.2 Å². The second kappa shape index (κ2) is 11.6. The Labute approximate surface area is 204 Å². The molecule has 0 saturated heterocycles. The number of sulfonamides is 1. The van der Waals surface area contributed by atoms with E-state index in [4.69, 9.17) is 11.6 Å². The minimum atomic E-state index is -3.81. The Morgan fingerprint density at radius 1 is 1.03 bits per heavy atom. The number of nitrogens with zero attached hydrogens (tertiary/aromatic N) is 1. The molecule has 2 N–H and O–H groups in total. The van der Waals surface area contributed by atoms with Crippen molar-refractivity contribution >= 4 is 27.5 Å². The first-order valence-corrected chi connectivity index (χ1v) is 12.8. The largest absolute Gasteiger partial charge is 0.302 e. The molecular formula is C25H27ClFN3O3S. The summed E-state index contributed by atoms with van der Waals surface area (Å²) in [6, 6.07) is 20.1. The van der Waals surface area contributed by atoms with Crippen LogP contribution in [0, 0.1) is 12.7 Å². The molecule has 6 nitrogen and oxygen atoms in total. The third-order valence-electron chi connectivity index (χ3n) is 5.19. The summed E-state index contributed by atoms with van der Waals surface area (Å²) in [5, 5.41) is -0.228. The predicted octanol–water partition coefficient (Wildman–Crippen LogP) is 4.54. The molecule has 0 aliphatic heterocycles. The quantitative estimate of drug-likeness (QED) is 0.398. The first-order chi connectivity index (χ1) is 16.1. The minimum Gasteiger partial charge on any atom is -0.302 e. The average Bonchev–Trinajstić information content (AvgIpc) is 2.80. The van der Waals surface area contributed by atoms with Gasteiger partial charge in [0.2, 0.25) is 10.0 Å². The van der Waals surface area contributed by atoms with Crippen LogP contribution in [0.2, 0.25) is 5.02 Å². The number of rotatable bonds is 10. The normalized spacial score (nSPS) is 11.6. The number of benzene rings is 3. The Balaban J connectivity index is 1.58. The van der Waals surface area contributed by atoms with Gasteiger partial charge < -0.3 is 4.90 Å². The third kappa shape index (κ3) is 7.36. The fraction of sp³-hybridized carbons (Fsp3) is 0.240. The summed E-state index contributed by atoms with van der Waals surface area (Å²) in [5.41, 5.74) is 5.16. The summed E-state index contributed by atoms with van der Waals surface area (Å²) in [5.74, 6) is -2.05. The van der Waals surface area contributed by atoms with Gasteiger partial charge >= 0.3 is 0 Å². The van der Waals surface area contributed by atoms with Crippen LogP contribution in [-0.2, 0) is 16.6 Å². The van der Waals surface area contributed by atoms with E-state index in [1.54, 1.807) is 0 Å². The van der Waals surface area contributed by atoms with Gasteiger partial charge in [-0.1, -0.05) is 71.8 Å². The summed E-state index contributed by atoms with van der Waals surface area (Å²) in [7, 11) is -1.90. The number of amides is 1. The second-order valence-electron chi connectivity index (χ2n) is 8.14. The average molecular weight is 504 g/mol. The smallest absolute Gasteiger partial charge is 0.269 e. The van der Waals surface area contributed by atoms with E-state index in [2.05, 4.69) is 5.43 Å². The zero-order valence-electron chi connectivity index (χ0n) is 19.0. The number of hydrogen-bond acceptors (Lipinski definition) is 4. The molecule has 0 bridgehead atoms. The Morgan fingerprint density at radius 3 is 2.47 bits per heavy atom. The van der Waals surface area contributed by atoms with Gasteiger partial charge in [-0.3, -0.25) is 10.2 Å². The fourth-order valence-corrected chi connectivity index (χ4v) is 4.57. The maximum absolute atomic E-state index is 14.5. The molecule has 34 heavy (non-hydrogen) atoms. The van der Waals surface area contributed by atoms with Gasteiger partial charge in [0.15, 0.2) is 5.82 Å². The lowest BCUT2D eigenvalue weighted by Gasteiger charge is -2.17. The fourth-order valence-electron chi connectivity index (χ4n) is 3.49. The third-order valence-corrected chi connectivity index (χ3v) is 6.71. The van der Waals surface area contributed by atoms with Crippen LogP contribution < -0.4 is 10.3 Å². The number of halogens is 2. The Hall–Kier alpha value is -2.78. The molecule has 0 aromatic heterocycles. The highest BCUT2D eigenvalue weighted by molar-refractivity contribution is 7.89. The number of aryl methyl sites for hydroxylation is 1. The van der Waals surface area contributed by atoms with E-state index in [-0.39, 0.29) is 16.3 Å². The molecule has 0 aliphatic carbocycles. The van der Waals surface area contributed by atoms with Crippen molar-refractivity contribution < 1.29 is 17.6 Å². The SMILES string of the molecule is Cc1cccc(-c2cc(Cl)c(F)c(C(=O)NNS(=O)(=O)CCCN(C)Cc3ccccc3)c2)c1. The number of carbonyl (C=O) groups is 1. The van der Waals surface area contributed by atoms with Crippen LogP contribution in [0.5, 0.6) is 0 Å². The summed E-state index contributed by atoms with van der Waals surface area (Å²) in [6.07, 6.45) is 0.359. The van der Waals surface area contributed by atoms with E-state index in [1.807, 2.05) is 78.3 Å². The van der Waals surface area contributed by atoms with E-state index in [0.717, 1.165) is 16.7 Å². The molecule has 0 spiro atoms. The van der Waals surface area contributed by atoms with Crippen molar-refractivity contribution in [2.75, 3.05) is 19.3 Å². The van der Waals surface area contributed by atoms with E-state index >= 15 is 0 Å². The van der Waals surface area contributed by atoms with Crippen molar-refractivity contribution in [2.24, 2.45) is 0 Å². The number of hydrazine groups is 1. The van der Waals surface area contributed by atoms with Crippen LogP contribution in [0.25, 0.3) is 11.1 Å². The second-order valence-corrected chi connectivity index (χ2v) is 10.4. The predicted molar refractivity (Wildman–Crippen MR) is 133 cm³/mol. The van der Waals surface area contributed by atoms with Gasteiger partial charge in [-0.2, -0.15) is 0 Å². The van der Waals surface area contributed by atoms with E-state index in [0.29, 0.717) is 25.1 Å². The first-order valence-electron chi connectivity index (χ1n) is 10.7. The van der Waals surface area contributed by atoms with Crippen molar-refractivity contribution in [3.8, 4) is 11.1 Å². The molecule has 0 aliphatic rings. The van der Waals surface area contributed by atoms with Crippen molar-refractivity contribution in [1.29, 1.82) is 0 Å². The van der Waals surface area contributed by atoms with Gasteiger partial charge in [-0.05, 0) is 55.8 Å². The minimum absolute atomic E-state index is 0.195. The summed E-state index contributed by atoms with van der Waals surface area (Å²) in [4.78, 5) is 16.6. The zero-order chi connectivity index (χ0) is 24.7. The summed E-state index contributed by atoms with van der Waals surface area (Å²) < 4.78 is 39.2. The molecule has 1 amide bonds. The lowest BCUT2D eigenvalue weighted by Crippen LogP contribution is -2.43. The highest BCUT2D eigenvalue weighted by Gasteiger charge is 2.19. The molecule has 9 heteroatoms. The topological polar surface area (TPSA) is 78.5 Å². The Bertz CT molecular complexity index is 1250. The van der Waals surface area contributed by atoms with Crippen LogP contribution in [0.15, 0.2) is 66.7 Å². The lowest BCUT2D eigenvalue weighted by molar-refractivity contribution is 0.0941. The molecule has 0 unspecified atom stereocenters. The van der Waals surface area contributed by atoms with Crippen LogP contribution in [0.3, 0.4) is 0 Å². The number of hydrogen-bond donors (Lipinski definition) is 2. The van der Waals surface area contributed by atoms with Gasteiger partial charge in [-0.15, -0.1) is 4.83 Å². The van der Waals surface area contributed by atoms with Crippen LogP contribution in [0.1, 0.15) is 27.9 Å². The molecule has 3 rings (SSSR count). The van der Waals surface area contributed by atoms with Gasteiger partial charge in [0, 0.05) is 6.54 Å². The molecule has 3 aromatic rings. The number of nitrogens with one attached hydrogen (secondary N) is 2. The molecule has 3 aromatic carbocycles. The van der Waals surface area contributed by atoms with E-state index in [9.17, 15) is 17.6 Å². The molecule has 0 heterocycles. The summed E-state index contributed by atoms with van der Waals surface area (Å²) in [6.45, 7) is 3.16. The lowest BCUT2D eigenvalue weighted by atomic mass is 10.0. The highest BCUT2D eigenvalue weighted by Crippen LogP contribution is 2.28. The maximum Gasteiger partial charge on any atom is 0.269 e. The van der Waals surface area contributed by atoms with Crippen LogP contribution in [-0.4, -0.2) is 38.6 Å². The number of carbonyl (C=O) groups excluding carboxylic acids is 1. The van der Waals surface area contributed by atoms with Gasteiger partial charge in [0.1, 0.15) is 0 Å². The summed E-state index contributed by atoms with van der Waals surface area (Å²) >= 11 is 6.00. The van der Waals surface area contributed by atoms with E-state index < -0.39 is 21.7 Å². The van der Waals surface area contributed by atoms with Crippen molar-refractivity contribution in [3.63, 3.8) is 0 Å². The maximum atomic E-state index is 14.5. The highest BCUT2D eigenvalue weighted by atomic mass is 35.5. The van der Waals surface area contributed by atoms with Gasteiger partial charge in [0.05, 0.1) is 16.3 Å². The molecule has 0 saturated carbocycles. The standard InChI is InChI=1S/C25H27ClFN3O3S/c1-18-8-6-11-20(14-18)21-15-22(24(27)23(26)16-21)25(31)28-29-34(32,33)13-7-12-30(2)17-19-9-4-3-5-10-19/h3-6,8-11,14-16,29H,7,12-13,17H2,1-2H3,(H,28,31). The molecule has 0 fully saturated rings. The molecular weight excluding hydrogens is 477 g/mol. The monoisotopic (exact) mass is 503 g/mol. The van der Waals surface area contributed by atoms with Crippen LogP contribution >= 0.6 is 11.6 Å². The Kier molecular flexibility index (Phi) is 8.79.